The molecule has 0 saturated heterocycles. The maximum Gasteiger partial charge on any atom is 0.0995 e. The minimum atomic E-state index is -1.31. The molecule has 0 aliphatic carbocycles. The number of benzene rings is 1. The summed E-state index contributed by atoms with van der Waals surface area (Å²) < 4.78 is 1.45. The molecule has 0 atom stereocenters. The van der Waals surface area contributed by atoms with Gasteiger partial charge in [-0.05, 0) is 12.2 Å². The van der Waals surface area contributed by atoms with Crippen LogP contribution in [0.15, 0.2) is 42.6 Å². The molecular formula is C15H12N2O4-2. The molecule has 2 rings (SSSR count). The zero-order valence-corrected chi connectivity index (χ0v) is 11.1. The van der Waals surface area contributed by atoms with Crippen LogP contribution in [0.5, 0.6) is 0 Å². The van der Waals surface area contributed by atoms with Gasteiger partial charge in [0.2, 0.25) is 0 Å². The molecule has 6 nitrogen and oxygen atoms in total. The van der Waals surface area contributed by atoms with Gasteiger partial charge < -0.3 is 19.8 Å². The Kier molecular flexibility index (Phi) is 4.50. The Balaban J connectivity index is 2.36. The van der Waals surface area contributed by atoms with E-state index in [0.717, 1.165) is 11.6 Å². The first-order chi connectivity index (χ1) is 10.1. The Morgan fingerprint density at radius 3 is 2.52 bits per heavy atom. The number of nitrogens with zero attached hydrogens (tertiary/aromatic N) is 2. The third kappa shape index (κ3) is 4.04. The Morgan fingerprint density at radius 2 is 1.90 bits per heavy atom. The molecule has 0 amide bonds. The van der Waals surface area contributed by atoms with Crippen LogP contribution in [0.2, 0.25) is 0 Å². The second kappa shape index (κ2) is 6.51. The minimum Gasteiger partial charge on any atom is -0.550 e. The number of carboxylic acid groups (broad SMARTS) is 2. The molecule has 1 aromatic carbocycles. The van der Waals surface area contributed by atoms with Crippen LogP contribution in [0.25, 0.3) is 17.3 Å². The summed E-state index contributed by atoms with van der Waals surface area (Å²) in [5.41, 5.74) is 1.96. The van der Waals surface area contributed by atoms with E-state index in [-0.39, 0.29) is 13.0 Å². The SMILES string of the molecule is O=C([O-])/C=C/c1cn(CCC(=O)[O-])nc1-c1ccccc1. The summed E-state index contributed by atoms with van der Waals surface area (Å²) in [6, 6.07) is 9.19. The molecule has 6 heteroatoms. The van der Waals surface area contributed by atoms with E-state index < -0.39 is 11.9 Å². The Morgan fingerprint density at radius 1 is 1.19 bits per heavy atom. The van der Waals surface area contributed by atoms with Gasteiger partial charge in [-0.3, -0.25) is 4.68 Å². The number of rotatable bonds is 6. The number of hydrogen-bond donors (Lipinski definition) is 0. The molecule has 0 fully saturated rings. The summed E-state index contributed by atoms with van der Waals surface area (Å²) in [7, 11) is 0. The summed E-state index contributed by atoms with van der Waals surface area (Å²) in [4.78, 5) is 21.0. The van der Waals surface area contributed by atoms with E-state index in [0.29, 0.717) is 11.3 Å². The predicted octanol–water partition coefficient (Wildman–Crippen LogP) is -0.547. The number of carbonyl (C=O) groups excluding carboxylic acids is 2. The third-order valence-electron chi connectivity index (χ3n) is 2.78. The lowest BCUT2D eigenvalue weighted by Gasteiger charge is -2.01. The summed E-state index contributed by atoms with van der Waals surface area (Å²) in [5, 5.41) is 25.3. The number of aromatic nitrogens is 2. The largest absolute Gasteiger partial charge is 0.550 e. The highest BCUT2D eigenvalue weighted by Gasteiger charge is 2.08. The van der Waals surface area contributed by atoms with Crippen molar-refractivity contribution in [2.45, 2.75) is 13.0 Å². The van der Waals surface area contributed by atoms with Crippen LogP contribution in [-0.4, -0.2) is 21.7 Å². The summed E-state index contributed by atoms with van der Waals surface area (Å²) >= 11 is 0. The van der Waals surface area contributed by atoms with E-state index in [2.05, 4.69) is 5.10 Å². The molecule has 1 heterocycles. The van der Waals surface area contributed by atoms with Crippen molar-refractivity contribution < 1.29 is 19.8 Å². The quantitative estimate of drug-likeness (QED) is 0.663. The second-order valence-electron chi connectivity index (χ2n) is 4.34. The van der Waals surface area contributed by atoms with Gasteiger partial charge in [-0.15, -0.1) is 0 Å². The van der Waals surface area contributed by atoms with Gasteiger partial charge in [0.1, 0.15) is 0 Å². The normalized spacial score (nSPS) is 10.9. The first-order valence-corrected chi connectivity index (χ1v) is 6.28. The van der Waals surface area contributed by atoms with Crippen LogP contribution in [0.1, 0.15) is 12.0 Å². The molecule has 0 spiro atoms. The predicted molar refractivity (Wildman–Crippen MR) is 71.3 cm³/mol. The molecule has 0 saturated carbocycles. The van der Waals surface area contributed by atoms with Crippen LogP contribution in [0.3, 0.4) is 0 Å². The number of hydrogen-bond acceptors (Lipinski definition) is 5. The van der Waals surface area contributed by atoms with Crippen LogP contribution >= 0.6 is 0 Å². The highest BCUT2D eigenvalue weighted by atomic mass is 16.4. The zero-order valence-electron chi connectivity index (χ0n) is 11.1. The van der Waals surface area contributed by atoms with Gasteiger partial charge in [0.05, 0.1) is 11.7 Å². The molecule has 0 N–H and O–H groups in total. The van der Waals surface area contributed by atoms with Gasteiger partial charge in [0.15, 0.2) is 0 Å². The highest BCUT2D eigenvalue weighted by Crippen LogP contribution is 2.23. The van der Waals surface area contributed by atoms with Crippen molar-refractivity contribution >= 4 is 18.0 Å². The van der Waals surface area contributed by atoms with Gasteiger partial charge in [-0.25, -0.2) is 0 Å². The Bertz CT molecular complexity index is 674. The van der Waals surface area contributed by atoms with E-state index in [4.69, 9.17) is 0 Å². The Labute approximate surface area is 121 Å². The average Bonchev–Trinajstić information content (AvgIpc) is 2.87. The van der Waals surface area contributed by atoms with Crippen molar-refractivity contribution in [3.05, 3.63) is 48.2 Å². The summed E-state index contributed by atoms with van der Waals surface area (Å²) in [5.74, 6) is -2.48. The summed E-state index contributed by atoms with van der Waals surface area (Å²) in [6.45, 7) is 0.154. The maximum absolute atomic E-state index is 10.5. The third-order valence-corrected chi connectivity index (χ3v) is 2.78. The van der Waals surface area contributed by atoms with E-state index in [9.17, 15) is 19.8 Å². The molecule has 21 heavy (non-hydrogen) atoms. The van der Waals surface area contributed by atoms with Crippen molar-refractivity contribution in [2.75, 3.05) is 0 Å². The van der Waals surface area contributed by atoms with Gasteiger partial charge >= 0.3 is 0 Å². The molecule has 0 aliphatic rings. The van der Waals surface area contributed by atoms with Gasteiger partial charge in [-0.2, -0.15) is 5.10 Å². The van der Waals surface area contributed by atoms with E-state index >= 15 is 0 Å². The molecule has 0 aliphatic heterocycles. The monoisotopic (exact) mass is 284 g/mol. The summed E-state index contributed by atoms with van der Waals surface area (Å²) in [6.07, 6.45) is 3.71. The van der Waals surface area contributed by atoms with Crippen LogP contribution in [-0.2, 0) is 16.1 Å². The highest BCUT2D eigenvalue weighted by molar-refractivity contribution is 5.85. The molecular weight excluding hydrogens is 272 g/mol. The lowest BCUT2D eigenvalue weighted by atomic mass is 10.1. The molecule has 108 valence electrons. The van der Waals surface area contributed by atoms with Gasteiger partial charge in [-0.1, -0.05) is 30.3 Å². The molecule has 1 aromatic heterocycles. The van der Waals surface area contributed by atoms with E-state index in [1.165, 1.54) is 10.8 Å². The fourth-order valence-corrected chi connectivity index (χ4v) is 1.86. The first-order valence-electron chi connectivity index (χ1n) is 6.28. The Hall–Kier alpha value is -2.89. The van der Waals surface area contributed by atoms with Crippen LogP contribution < -0.4 is 10.2 Å². The van der Waals surface area contributed by atoms with Gasteiger partial charge in [0, 0.05) is 36.3 Å². The standard InChI is InChI=1S/C15H14N2O4/c18-13(19)7-6-12-10-17(9-8-14(20)21)16-15(12)11-4-2-1-3-5-11/h1-7,10H,8-9H2,(H,18,19)(H,20,21)/p-2/b7-6+. The lowest BCUT2D eigenvalue weighted by Crippen LogP contribution is -2.23. The topological polar surface area (TPSA) is 98.1 Å². The lowest BCUT2D eigenvalue weighted by molar-refractivity contribution is -0.306. The van der Waals surface area contributed by atoms with Gasteiger partial charge in [0.25, 0.3) is 0 Å². The smallest absolute Gasteiger partial charge is 0.0995 e. The van der Waals surface area contributed by atoms with Crippen molar-refractivity contribution in [2.24, 2.45) is 0 Å². The van der Waals surface area contributed by atoms with E-state index in [1.54, 1.807) is 6.20 Å². The zero-order chi connectivity index (χ0) is 15.2. The number of carboxylic acids is 2. The molecule has 2 aromatic rings. The number of aryl methyl sites for hydroxylation is 1. The fourth-order valence-electron chi connectivity index (χ4n) is 1.86. The van der Waals surface area contributed by atoms with Crippen molar-refractivity contribution in [1.29, 1.82) is 0 Å². The second-order valence-corrected chi connectivity index (χ2v) is 4.34. The number of carbonyl (C=O) groups is 2. The first kappa shape index (κ1) is 14.5. The number of aliphatic carboxylic acids is 2. The van der Waals surface area contributed by atoms with Crippen molar-refractivity contribution in [1.82, 2.24) is 9.78 Å². The molecule has 0 radical (unpaired) electrons. The maximum atomic E-state index is 10.5. The average molecular weight is 284 g/mol. The van der Waals surface area contributed by atoms with Crippen LogP contribution in [0, 0.1) is 0 Å². The van der Waals surface area contributed by atoms with E-state index in [1.807, 2.05) is 30.3 Å². The molecule has 0 bridgehead atoms. The van der Waals surface area contributed by atoms with Crippen molar-refractivity contribution in [3.8, 4) is 11.3 Å². The van der Waals surface area contributed by atoms with Crippen LogP contribution in [0.4, 0.5) is 0 Å². The fraction of sp³-hybridized carbons (Fsp3) is 0.133. The molecule has 0 unspecified atom stereocenters. The van der Waals surface area contributed by atoms with Crippen molar-refractivity contribution in [3.63, 3.8) is 0 Å². The minimum absolute atomic E-state index is 0.154.